The number of ether oxygens (including phenoxy) is 1. The molecule has 0 saturated carbocycles. The first-order valence-corrected chi connectivity index (χ1v) is 8.69. The topological polar surface area (TPSA) is 54.1 Å². The predicted molar refractivity (Wildman–Crippen MR) is 100 cm³/mol. The van der Waals surface area contributed by atoms with Gasteiger partial charge in [0, 0.05) is 22.5 Å². The summed E-state index contributed by atoms with van der Waals surface area (Å²) >= 11 is 0. The molecular formula is C21H22N2O2. The average molecular weight is 334 g/mol. The van der Waals surface area contributed by atoms with Gasteiger partial charge in [-0.3, -0.25) is 4.79 Å². The molecule has 2 aromatic carbocycles. The third kappa shape index (κ3) is 2.88. The molecule has 1 atom stereocenters. The molecule has 1 aromatic heterocycles. The van der Waals surface area contributed by atoms with Crippen LogP contribution < -0.4 is 10.1 Å². The molecule has 128 valence electrons. The molecule has 1 amide bonds. The van der Waals surface area contributed by atoms with Gasteiger partial charge < -0.3 is 15.0 Å². The fourth-order valence-corrected chi connectivity index (χ4v) is 3.74. The third-order valence-corrected chi connectivity index (χ3v) is 5.08. The molecule has 0 aliphatic heterocycles. The van der Waals surface area contributed by atoms with Gasteiger partial charge >= 0.3 is 0 Å². The van der Waals surface area contributed by atoms with E-state index in [1.807, 2.05) is 24.3 Å². The summed E-state index contributed by atoms with van der Waals surface area (Å²) in [6.45, 7) is 2.10. The van der Waals surface area contributed by atoms with Gasteiger partial charge in [0.25, 0.3) is 0 Å². The number of benzene rings is 2. The quantitative estimate of drug-likeness (QED) is 0.753. The zero-order chi connectivity index (χ0) is 17.4. The summed E-state index contributed by atoms with van der Waals surface area (Å²) in [6.07, 6.45) is 2.55. The zero-order valence-corrected chi connectivity index (χ0v) is 14.6. The number of carbonyl (C=O) groups excluding carboxylic acids is 1. The third-order valence-electron chi connectivity index (χ3n) is 5.08. The van der Waals surface area contributed by atoms with Crippen LogP contribution in [0.25, 0.3) is 10.9 Å². The van der Waals surface area contributed by atoms with Crippen molar-refractivity contribution >= 4 is 22.5 Å². The van der Waals surface area contributed by atoms with Crippen molar-refractivity contribution in [3.05, 3.63) is 59.3 Å². The smallest absolute Gasteiger partial charge is 0.227 e. The minimum Gasteiger partial charge on any atom is -0.495 e. The van der Waals surface area contributed by atoms with Crippen molar-refractivity contribution in [2.75, 3.05) is 12.4 Å². The maximum absolute atomic E-state index is 12.8. The molecule has 0 spiro atoms. The average Bonchev–Trinajstić information content (AvgIpc) is 2.99. The normalized spacial score (nSPS) is 16.5. The molecule has 25 heavy (non-hydrogen) atoms. The van der Waals surface area contributed by atoms with Crippen LogP contribution in [-0.2, 0) is 17.6 Å². The highest BCUT2D eigenvalue weighted by Crippen LogP contribution is 2.33. The molecule has 2 N–H and O–H groups in total. The Bertz CT molecular complexity index is 942. The molecule has 3 aromatic rings. The maximum Gasteiger partial charge on any atom is 0.227 e. The van der Waals surface area contributed by atoms with Crippen molar-refractivity contribution in [3.63, 3.8) is 0 Å². The molecule has 0 bridgehead atoms. The van der Waals surface area contributed by atoms with E-state index in [0.717, 1.165) is 24.9 Å². The van der Waals surface area contributed by atoms with E-state index in [4.69, 9.17) is 4.74 Å². The Morgan fingerprint density at radius 2 is 2.08 bits per heavy atom. The van der Waals surface area contributed by atoms with Crippen LogP contribution in [0.15, 0.2) is 42.5 Å². The summed E-state index contributed by atoms with van der Waals surface area (Å²) in [4.78, 5) is 16.3. The van der Waals surface area contributed by atoms with Crippen LogP contribution in [0.1, 0.15) is 23.2 Å². The zero-order valence-electron chi connectivity index (χ0n) is 14.6. The van der Waals surface area contributed by atoms with Gasteiger partial charge in [0.2, 0.25) is 5.91 Å². The molecular weight excluding hydrogens is 312 g/mol. The Kier molecular flexibility index (Phi) is 3.96. The fourth-order valence-electron chi connectivity index (χ4n) is 3.74. The van der Waals surface area contributed by atoms with Gasteiger partial charge in [-0.2, -0.15) is 0 Å². The van der Waals surface area contributed by atoms with Crippen molar-refractivity contribution in [1.82, 2.24) is 4.98 Å². The SMILES string of the molecule is COc1ccccc1NC(=O)C1CCc2[nH]c3ccc(C)cc3c2C1. The lowest BCUT2D eigenvalue weighted by Gasteiger charge is -2.22. The Balaban J connectivity index is 1.58. The number of para-hydroxylation sites is 2. The van der Waals surface area contributed by atoms with Crippen molar-refractivity contribution in [2.45, 2.75) is 26.2 Å². The van der Waals surface area contributed by atoms with Crippen LogP contribution in [0.2, 0.25) is 0 Å². The number of amides is 1. The van der Waals surface area contributed by atoms with E-state index in [9.17, 15) is 4.79 Å². The first kappa shape index (κ1) is 15.8. The van der Waals surface area contributed by atoms with E-state index in [1.54, 1.807) is 7.11 Å². The highest BCUT2D eigenvalue weighted by molar-refractivity contribution is 5.95. The van der Waals surface area contributed by atoms with E-state index in [1.165, 1.54) is 27.7 Å². The lowest BCUT2D eigenvalue weighted by atomic mass is 9.85. The van der Waals surface area contributed by atoms with Gasteiger partial charge in [-0.25, -0.2) is 0 Å². The lowest BCUT2D eigenvalue weighted by molar-refractivity contribution is -0.120. The van der Waals surface area contributed by atoms with Gasteiger partial charge in [-0.05, 0) is 56.0 Å². The van der Waals surface area contributed by atoms with E-state index in [-0.39, 0.29) is 11.8 Å². The predicted octanol–water partition coefficient (Wildman–Crippen LogP) is 4.23. The molecule has 1 heterocycles. The second-order valence-electron chi connectivity index (χ2n) is 6.76. The van der Waals surface area contributed by atoms with Crippen molar-refractivity contribution in [3.8, 4) is 5.75 Å². The van der Waals surface area contributed by atoms with Gasteiger partial charge in [0.15, 0.2) is 0 Å². The molecule has 0 radical (unpaired) electrons. The summed E-state index contributed by atoms with van der Waals surface area (Å²) in [6, 6.07) is 14.0. The van der Waals surface area contributed by atoms with E-state index in [2.05, 4.69) is 35.4 Å². The number of anilines is 1. The Morgan fingerprint density at radius 3 is 2.92 bits per heavy atom. The molecule has 4 nitrogen and oxygen atoms in total. The Hall–Kier alpha value is -2.75. The second kappa shape index (κ2) is 6.28. The van der Waals surface area contributed by atoms with Crippen LogP contribution in [-0.4, -0.2) is 18.0 Å². The minimum atomic E-state index is -0.0167. The number of fused-ring (bicyclic) bond motifs is 3. The summed E-state index contributed by atoms with van der Waals surface area (Å²) in [5.41, 5.74) is 5.72. The van der Waals surface area contributed by atoms with Crippen LogP contribution in [0.3, 0.4) is 0 Å². The fraction of sp³-hybridized carbons (Fsp3) is 0.286. The molecule has 4 heteroatoms. The summed E-state index contributed by atoms with van der Waals surface area (Å²) in [5, 5.41) is 4.29. The number of H-pyrrole nitrogens is 1. The van der Waals surface area contributed by atoms with Gasteiger partial charge in [0.1, 0.15) is 5.75 Å². The molecule has 1 aliphatic carbocycles. The van der Waals surface area contributed by atoms with Crippen molar-refractivity contribution < 1.29 is 9.53 Å². The molecule has 0 saturated heterocycles. The second-order valence-corrected chi connectivity index (χ2v) is 6.76. The minimum absolute atomic E-state index is 0.0167. The highest BCUT2D eigenvalue weighted by atomic mass is 16.5. The van der Waals surface area contributed by atoms with Crippen LogP contribution in [0.4, 0.5) is 5.69 Å². The first-order valence-electron chi connectivity index (χ1n) is 8.69. The number of carbonyl (C=O) groups is 1. The van der Waals surface area contributed by atoms with Crippen molar-refractivity contribution in [1.29, 1.82) is 0 Å². The molecule has 1 unspecified atom stereocenters. The van der Waals surface area contributed by atoms with E-state index in [0.29, 0.717) is 5.75 Å². The number of hydrogen-bond donors (Lipinski definition) is 2. The monoisotopic (exact) mass is 334 g/mol. The number of aryl methyl sites for hydroxylation is 2. The van der Waals surface area contributed by atoms with Gasteiger partial charge in [-0.15, -0.1) is 0 Å². The number of nitrogens with one attached hydrogen (secondary N) is 2. The van der Waals surface area contributed by atoms with E-state index < -0.39 is 0 Å². The molecule has 0 fully saturated rings. The highest BCUT2D eigenvalue weighted by Gasteiger charge is 2.27. The number of aromatic nitrogens is 1. The Labute approximate surface area is 147 Å². The Morgan fingerprint density at radius 1 is 1.24 bits per heavy atom. The molecule has 1 aliphatic rings. The largest absolute Gasteiger partial charge is 0.495 e. The van der Waals surface area contributed by atoms with Crippen molar-refractivity contribution in [2.24, 2.45) is 5.92 Å². The standard InChI is InChI=1S/C21H22N2O2/c1-13-7-9-17-15(11-13)16-12-14(8-10-18(16)22-17)21(24)23-19-5-3-4-6-20(19)25-2/h3-7,9,11,14,22H,8,10,12H2,1-2H3,(H,23,24). The van der Waals surface area contributed by atoms with Crippen LogP contribution in [0, 0.1) is 12.8 Å². The summed E-state index contributed by atoms with van der Waals surface area (Å²) < 4.78 is 5.33. The summed E-state index contributed by atoms with van der Waals surface area (Å²) in [7, 11) is 1.62. The number of hydrogen-bond acceptors (Lipinski definition) is 2. The van der Waals surface area contributed by atoms with Gasteiger partial charge in [0.05, 0.1) is 12.8 Å². The number of methoxy groups -OCH3 is 1. The van der Waals surface area contributed by atoms with E-state index >= 15 is 0 Å². The lowest BCUT2D eigenvalue weighted by Crippen LogP contribution is -2.28. The summed E-state index contributed by atoms with van der Waals surface area (Å²) in [5.74, 6) is 0.740. The maximum atomic E-state index is 12.8. The van der Waals surface area contributed by atoms with Gasteiger partial charge in [-0.1, -0.05) is 23.8 Å². The van der Waals surface area contributed by atoms with Crippen LogP contribution >= 0.6 is 0 Å². The number of rotatable bonds is 3. The molecule has 4 rings (SSSR count). The number of aromatic amines is 1. The first-order chi connectivity index (χ1) is 12.2. The van der Waals surface area contributed by atoms with Crippen LogP contribution in [0.5, 0.6) is 5.75 Å².